The summed E-state index contributed by atoms with van der Waals surface area (Å²) in [4.78, 5) is 27.9. The Morgan fingerprint density at radius 3 is 2.88 bits per heavy atom. The van der Waals surface area contributed by atoms with E-state index >= 15 is 0 Å². The van der Waals surface area contributed by atoms with Crippen LogP contribution in [0.3, 0.4) is 0 Å². The van der Waals surface area contributed by atoms with Crippen molar-refractivity contribution in [2.24, 2.45) is 4.99 Å². The number of amidine groups is 1. The number of anilines is 1. The molecular formula is C15H16F3N3O3S. The Hall–Kier alpha value is -2.07. The lowest BCUT2D eigenvalue weighted by molar-refractivity contribution is -0.137. The zero-order valence-electron chi connectivity index (χ0n) is 13.2. The summed E-state index contributed by atoms with van der Waals surface area (Å²) in [7, 11) is 1.53. The molecule has 0 saturated carbocycles. The largest absolute Gasteiger partial charge is 0.416 e. The van der Waals surface area contributed by atoms with Gasteiger partial charge in [0.25, 0.3) is 0 Å². The van der Waals surface area contributed by atoms with E-state index in [0.717, 1.165) is 23.9 Å². The van der Waals surface area contributed by atoms with Crippen LogP contribution in [0.15, 0.2) is 29.3 Å². The summed E-state index contributed by atoms with van der Waals surface area (Å²) < 4.78 is 42.8. The first kappa shape index (κ1) is 19.3. The first-order valence-corrected chi connectivity index (χ1v) is 8.15. The number of halogens is 3. The van der Waals surface area contributed by atoms with Gasteiger partial charge < -0.3 is 15.4 Å². The second-order valence-corrected chi connectivity index (χ2v) is 6.30. The van der Waals surface area contributed by atoms with Crippen molar-refractivity contribution in [2.45, 2.75) is 17.8 Å². The Morgan fingerprint density at radius 1 is 1.44 bits per heavy atom. The average Bonchev–Trinajstić information content (AvgIpc) is 2.87. The average molecular weight is 375 g/mol. The Balaban J connectivity index is 1.92. The van der Waals surface area contributed by atoms with Gasteiger partial charge in [-0.3, -0.25) is 14.6 Å². The number of nitrogens with one attached hydrogen (secondary N) is 2. The molecule has 2 N–H and O–H groups in total. The molecule has 1 saturated heterocycles. The molecule has 136 valence electrons. The highest BCUT2D eigenvalue weighted by Crippen LogP contribution is 2.31. The molecule has 0 aliphatic carbocycles. The molecule has 0 bridgehead atoms. The molecule has 2 rings (SSSR count). The SMILES string of the molecule is COCCN=C1NC(=O)[C@@H](CC(=O)Nc2cccc(C(F)(F)F)c2)S1. The fraction of sp³-hybridized carbons (Fsp3) is 0.400. The predicted molar refractivity (Wildman–Crippen MR) is 88.4 cm³/mol. The number of thioether (sulfide) groups is 1. The van der Waals surface area contributed by atoms with Gasteiger partial charge in [-0.1, -0.05) is 17.8 Å². The van der Waals surface area contributed by atoms with Crippen LogP contribution < -0.4 is 10.6 Å². The van der Waals surface area contributed by atoms with Crippen molar-refractivity contribution in [3.05, 3.63) is 29.8 Å². The van der Waals surface area contributed by atoms with Crippen molar-refractivity contribution in [1.82, 2.24) is 5.32 Å². The van der Waals surface area contributed by atoms with Gasteiger partial charge in [0.2, 0.25) is 11.8 Å². The second-order valence-electron chi connectivity index (χ2n) is 5.11. The number of nitrogens with zero attached hydrogens (tertiary/aromatic N) is 1. The first-order chi connectivity index (χ1) is 11.8. The van der Waals surface area contributed by atoms with Crippen molar-refractivity contribution >= 4 is 34.4 Å². The second kappa shape index (κ2) is 8.34. The van der Waals surface area contributed by atoms with Gasteiger partial charge in [0.1, 0.15) is 5.25 Å². The maximum atomic E-state index is 12.7. The molecule has 1 aromatic rings. The van der Waals surface area contributed by atoms with Crippen LogP contribution >= 0.6 is 11.8 Å². The maximum absolute atomic E-state index is 12.7. The van der Waals surface area contributed by atoms with Gasteiger partial charge >= 0.3 is 6.18 Å². The van der Waals surface area contributed by atoms with Crippen molar-refractivity contribution in [3.63, 3.8) is 0 Å². The minimum absolute atomic E-state index is 0.0252. The third-order valence-corrected chi connectivity index (χ3v) is 4.29. The smallest absolute Gasteiger partial charge is 0.383 e. The zero-order valence-corrected chi connectivity index (χ0v) is 14.0. The number of rotatable bonds is 6. The van der Waals surface area contributed by atoms with Crippen molar-refractivity contribution in [2.75, 3.05) is 25.6 Å². The molecule has 1 fully saturated rings. The zero-order chi connectivity index (χ0) is 18.4. The fourth-order valence-electron chi connectivity index (χ4n) is 2.01. The summed E-state index contributed by atoms with van der Waals surface area (Å²) in [5, 5.41) is 4.66. The highest BCUT2D eigenvalue weighted by Gasteiger charge is 2.33. The number of hydrogen-bond donors (Lipinski definition) is 2. The van der Waals surface area contributed by atoms with Crippen LogP contribution in [0.4, 0.5) is 18.9 Å². The van der Waals surface area contributed by atoms with Crippen molar-refractivity contribution < 1.29 is 27.5 Å². The number of ether oxygens (including phenoxy) is 1. The van der Waals surface area contributed by atoms with Crippen molar-refractivity contribution in [1.29, 1.82) is 0 Å². The molecule has 0 spiro atoms. The minimum Gasteiger partial charge on any atom is -0.383 e. The van der Waals surface area contributed by atoms with E-state index < -0.39 is 22.9 Å². The Labute approximate surface area is 146 Å². The summed E-state index contributed by atoms with van der Waals surface area (Å²) in [5.41, 5.74) is -0.830. The van der Waals surface area contributed by atoms with Crippen molar-refractivity contribution in [3.8, 4) is 0 Å². The molecule has 0 aromatic heterocycles. The third kappa shape index (κ3) is 5.75. The number of alkyl halides is 3. The van der Waals surface area contributed by atoms with Crippen LogP contribution in [0.2, 0.25) is 0 Å². The molecule has 25 heavy (non-hydrogen) atoms. The topological polar surface area (TPSA) is 79.8 Å². The van der Waals surface area contributed by atoms with E-state index in [1.165, 1.54) is 19.2 Å². The number of methoxy groups -OCH3 is 1. The number of hydrogen-bond acceptors (Lipinski definition) is 5. The minimum atomic E-state index is -4.49. The quantitative estimate of drug-likeness (QED) is 0.748. The lowest BCUT2D eigenvalue weighted by atomic mass is 10.2. The summed E-state index contributed by atoms with van der Waals surface area (Å²) in [5.74, 6) is -0.912. The van der Waals surface area contributed by atoms with Gasteiger partial charge in [-0.15, -0.1) is 0 Å². The van der Waals surface area contributed by atoms with E-state index in [0.29, 0.717) is 18.3 Å². The lowest BCUT2D eigenvalue weighted by Crippen LogP contribution is -2.28. The Morgan fingerprint density at radius 2 is 2.20 bits per heavy atom. The van der Waals surface area contributed by atoms with Gasteiger partial charge in [-0.05, 0) is 18.2 Å². The van der Waals surface area contributed by atoms with Crippen LogP contribution in [0, 0.1) is 0 Å². The lowest BCUT2D eigenvalue weighted by Gasteiger charge is -2.10. The summed E-state index contributed by atoms with van der Waals surface area (Å²) in [6.45, 7) is 0.781. The Bertz CT molecular complexity index is 679. The number of carbonyl (C=O) groups excluding carboxylic acids is 2. The number of benzene rings is 1. The fourth-order valence-corrected chi connectivity index (χ4v) is 3.00. The van der Waals surface area contributed by atoms with Crippen LogP contribution in [0.5, 0.6) is 0 Å². The van der Waals surface area contributed by atoms with Gasteiger partial charge in [-0.25, -0.2) is 0 Å². The molecular weight excluding hydrogens is 359 g/mol. The first-order valence-electron chi connectivity index (χ1n) is 7.27. The van der Waals surface area contributed by atoms with Crippen LogP contribution in [-0.2, 0) is 20.5 Å². The van der Waals surface area contributed by atoms with Crippen LogP contribution in [0.1, 0.15) is 12.0 Å². The van der Waals surface area contributed by atoms with E-state index in [4.69, 9.17) is 4.74 Å². The molecule has 1 aromatic carbocycles. The monoisotopic (exact) mass is 375 g/mol. The molecule has 0 radical (unpaired) electrons. The highest BCUT2D eigenvalue weighted by atomic mass is 32.2. The van der Waals surface area contributed by atoms with Crippen LogP contribution in [0.25, 0.3) is 0 Å². The van der Waals surface area contributed by atoms with E-state index in [-0.39, 0.29) is 18.0 Å². The van der Waals surface area contributed by atoms with E-state index in [1.807, 2.05) is 0 Å². The molecule has 1 aliphatic rings. The van der Waals surface area contributed by atoms with E-state index in [1.54, 1.807) is 0 Å². The van der Waals surface area contributed by atoms with Gasteiger partial charge in [0, 0.05) is 19.2 Å². The highest BCUT2D eigenvalue weighted by molar-refractivity contribution is 8.15. The molecule has 1 aliphatic heterocycles. The molecule has 2 amide bonds. The van der Waals surface area contributed by atoms with E-state index in [9.17, 15) is 22.8 Å². The number of amides is 2. The maximum Gasteiger partial charge on any atom is 0.416 e. The normalized spacial score (nSPS) is 19.1. The van der Waals surface area contributed by atoms with Crippen LogP contribution in [-0.4, -0.2) is 42.5 Å². The van der Waals surface area contributed by atoms with Gasteiger partial charge in [-0.2, -0.15) is 13.2 Å². The standard InChI is InChI=1S/C15H16F3N3O3S/c1-24-6-5-19-14-21-13(23)11(25-14)8-12(22)20-10-4-2-3-9(7-10)15(16,17)18/h2-4,7,11H,5-6,8H2,1H3,(H,20,22)(H,19,21,23)/t11-/m1/s1. The Kier molecular flexibility index (Phi) is 6.43. The molecule has 6 nitrogen and oxygen atoms in total. The molecule has 10 heteroatoms. The summed E-state index contributed by atoms with van der Waals surface area (Å²) in [6, 6.07) is 4.32. The summed E-state index contributed by atoms with van der Waals surface area (Å²) >= 11 is 1.11. The van der Waals surface area contributed by atoms with Gasteiger partial charge in [0.05, 0.1) is 18.7 Å². The van der Waals surface area contributed by atoms with E-state index in [2.05, 4.69) is 15.6 Å². The molecule has 1 heterocycles. The number of carbonyl (C=O) groups is 2. The molecule has 0 unspecified atom stereocenters. The predicted octanol–water partition coefficient (Wildman–Crippen LogP) is 2.27. The van der Waals surface area contributed by atoms with Gasteiger partial charge in [0.15, 0.2) is 5.17 Å². The summed E-state index contributed by atoms with van der Waals surface area (Å²) in [6.07, 6.45) is -4.66. The molecule has 1 atom stereocenters. The number of aliphatic imine (C=N–C) groups is 1. The third-order valence-electron chi connectivity index (χ3n) is 3.17.